The van der Waals surface area contributed by atoms with E-state index in [1.807, 2.05) is 31.1 Å². The lowest BCUT2D eigenvalue weighted by atomic mass is 9.89. The number of ether oxygens (including phenoxy) is 1. The van der Waals surface area contributed by atoms with Crippen LogP contribution in [-0.2, 0) is 16.2 Å². The standard InChI is InChI=1S/C24H31N3O7/c1-13(29)20-19(12-28)34-27(21(20)23(25)30)11-14-6-5-7-18(22(14)33-4)15-8-16(24(31)32)10-17(9-15)26(2)3/h5-10,13,19-21,28-29H,11-12H2,1-4H3,(H2,25,30)(H,31,32)/t13-,19-,20-,21-/m0/s1. The molecule has 3 rings (SSSR count). The molecule has 1 aliphatic heterocycles. The fraction of sp³-hybridized carbons (Fsp3) is 0.417. The van der Waals surface area contributed by atoms with E-state index in [4.69, 9.17) is 15.3 Å². The summed E-state index contributed by atoms with van der Waals surface area (Å²) in [5.74, 6) is -1.95. The fourth-order valence-electron chi connectivity index (χ4n) is 4.40. The van der Waals surface area contributed by atoms with Crippen LogP contribution in [0.3, 0.4) is 0 Å². The Morgan fingerprint density at radius 2 is 1.97 bits per heavy atom. The van der Waals surface area contributed by atoms with E-state index in [1.54, 1.807) is 24.3 Å². The minimum atomic E-state index is -1.05. The number of rotatable bonds is 9. The second-order valence-corrected chi connectivity index (χ2v) is 8.53. The number of carboxylic acids is 1. The first-order chi connectivity index (χ1) is 16.1. The van der Waals surface area contributed by atoms with Crippen molar-refractivity contribution in [2.45, 2.75) is 31.7 Å². The Bertz CT molecular complexity index is 1060. The first kappa shape index (κ1) is 25.4. The third-order valence-electron chi connectivity index (χ3n) is 6.02. The van der Waals surface area contributed by atoms with Gasteiger partial charge in [0.05, 0.1) is 31.9 Å². The van der Waals surface area contributed by atoms with Gasteiger partial charge in [0, 0.05) is 36.8 Å². The number of nitrogens with two attached hydrogens (primary N) is 1. The van der Waals surface area contributed by atoms with Crippen LogP contribution in [0.25, 0.3) is 11.1 Å². The maximum Gasteiger partial charge on any atom is 0.335 e. The summed E-state index contributed by atoms with van der Waals surface area (Å²) in [7, 11) is 5.15. The molecule has 0 aliphatic carbocycles. The molecule has 0 radical (unpaired) electrons. The number of carbonyl (C=O) groups excluding carboxylic acids is 1. The largest absolute Gasteiger partial charge is 0.496 e. The number of hydrogen-bond donors (Lipinski definition) is 4. The lowest BCUT2D eigenvalue weighted by Gasteiger charge is -2.25. The van der Waals surface area contributed by atoms with Gasteiger partial charge in [0.2, 0.25) is 5.91 Å². The molecule has 1 aliphatic rings. The second kappa shape index (κ2) is 10.4. The number of aliphatic hydroxyl groups is 2. The molecule has 10 heteroatoms. The summed E-state index contributed by atoms with van der Waals surface area (Å²) < 4.78 is 5.71. The molecule has 0 bridgehead atoms. The van der Waals surface area contributed by atoms with Crippen LogP contribution in [-0.4, -0.2) is 78.3 Å². The van der Waals surface area contributed by atoms with Crippen LogP contribution < -0.4 is 15.4 Å². The zero-order chi connectivity index (χ0) is 25.2. The quantitative estimate of drug-likeness (QED) is 0.420. The van der Waals surface area contributed by atoms with Gasteiger partial charge < -0.3 is 30.7 Å². The highest BCUT2D eigenvalue weighted by Gasteiger charge is 2.48. The molecule has 0 unspecified atom stereocenters. The molecule has 5 N–H and O–H groups in total. The van der Waals surface area contributed by atoms with Gasteiger partial charge in [0.1, 0.15) is 17.9 Å². The van der Waals surface area contributed by atoms with E-state index in [0.29, 0.717) is 28.1 Å². The lowest BCUT2D eigenvalue weighted by Crippen LogP contribution is -2.47. The molecular formula is C24H31N3O7. The Labute approximate surface area is 198 Å². The van der Waals surface area contributed by atoms with Crippen molar-refractivity contribution in [2.24, 2.45) is 11.7 Å². The molecule has 0 saturated carbocycles. The topological polar surface area (TPSA) is 146 Å². The molecular weight excluding hydrogens is 442 g/mol. The molecule has 1 fully saturated rings. The van der Waals surface area contributed by atoms with Crippen molar-refractivity contribution in [1.82, 2.24) is 5.06 Å². The number of carbonyl (C=O) groups is 2. The number of amides is 1. The fourth-order valence-corrected chi connectivity index (χ4v) is 4.40. The number of aliphatic hydroxyl groups excluding tert-OH is 2. The summed E-state index contributed by atoms with van der Waals surface area (Å²) in [6, 6.07) is 9.46. The average Bonchev–Trinajstić information content (AvgIpc) is 3.17. The van der Waals surface area contributed by atoms with Crippen molar-refractivity contribution in [3.8, 4) is 16.9 Å². The molecule has 1 heterocycles. The highest BCUT2D eigenvalue weighted by molar-refractivity contribution is 5.92. The normalized spacial score (nSPS) is 21.3. The number of aromatic carboxylic acids is 1. The van der Waals surface area contributed by atoms with Gasteiger partial charge in [-0.2, -0.15) is 5.06 Å². The van der Waals surface area contributed by atoms with Gasteiger partial charge in [-0.15, -0.1) is 0 Å². The zero-order valence-electron chi connectivity index (χ0n) is 19.6. The Morgan fingerprint density at radius 1 is 1.26 bits per heavy atom. The molecule has 1 saturated heterocycles. The van der Waals surface area contributed by atoms with Crippen LogP contribution in [0.5, 0.6) is 5.75 Å². The van der Waals surface area contributed by atoms with Crippen molar-refractivity contribution in [3.63, 3.8) is 0 Å². The van der Waals surface area contributed by atoms with E-state index >= 15 is 0 Å². The first-order valence-corrected chi connectivity index (χ1v) is 10.8. The second-order valence-electron chi connectivity index (χ2n) is 8.53. The lowest BCUT2D eigenvalue weighted by molar-refractivity contribution is -0.181. The molecule has 1 amide bonds. The van der Waals surface area contributed by atoms with E-state index in [1.165, 1.54) is 19.1 Å². The Kier molecular flexibility index (Phi) is 7.78. The predicted octanol–water partition coefficient (Wildman–Crippen LogP) is 1.09. The summed E-state index contributed by atoms with van der Waals surface area (Å²) in [5.41, 5.74) is 8.43. The van der Waals surface area contributed by atoms with Gasteiger partial charge in [-0.3, -0.25) is 9.63 Å². The van der Waals surface area contributed by atoms with Crippen LogP contribution in [0.15, 0.2) is 36.4 Å². The number of methoxy groups -OCH3 is 1. The highest BCUT2D eigenvalue weighted by Crippen LogP contribution is 2.38. The minimum absolute atomic E-state index is 0.0868. The van der Waals surface area contributed by atoms with Gasteiger partial charge in [0.25, 0.3) is 0 Å². The number of benzene rings is 2. The van der Waals surface area contributed by atoms with Gasteiger partial charge in [-0.05, 0) is 30.7 Å². The van der Waals surface area contributed by atoms with Gasteiger partial charge in [-0.25, -0.2) is 4.79 Å². The van der Waals surface area contributed by atoms with Crippen molar-refractivity contribution < 1.29 is 34.5 Å². The number of hydroxylamine groups is 2. The Hall–Kier alpha value is -3.18. The van der Waals surface area contributed by atoms with E-state index in [2.05, 4.69) is 0 Å². The van der Waals surface area contributed by atoms with Crippen molar-refractivity contribution in [2.75, 3.05) is 32.7 Å². The SMILES string of the molecule is COc1c(CN2O[C@@H](CO)[C@H]([C@H](C)O)[C@H]2C(N)=O)cccc1-c1cc(C(=O)O)cc(N(C)C)c1. The maximum absolute atomic E-state index is 12.2. The first-order valence-electron chi connectivity index (χ1n) is 10.8. The summed E-state index contributed by atoms with van der Waals surface area (Å²) in [5, 5.41) is 30.8. The van der Waals surface area contributed by atoms with Crippen LogP contribution in [0.2, 0.25) is 0 Å². The van der Waals surface area contributed by atoms with E-state index < -0.39 is 36.0 Å². The number of primary amides is 1. The van der Waals surface area contributed by atoms with Gasteiger partial charge >= 0.3 is 5.97 Å². The number of nitrogens with zero attached hydrogens (tertiary/aromatic N) is 2. The van der Waals surface area contributed by atoms with E-state index in [9.17, 15) is 24.9 Å². The number of para-hydroxylation sites is 1. The Morgan fingerprint density at radius 3 is 2.50 bits per heavy atom. The van der Waals surface area contributed by atoms with Crippen molar-refractivity contribution in [1.29, 1.82) is 0 Å². The average molecular weight is 474 g/mol. The summed E-state index contributed by atoms with van der Waals surface area (Å²) >= 11 is 0. The van der Waals surface area contributed by atoms with Crippen LogP contribution >= 0.6 is 0 Å². The third-order valence-corrected chi connectivity index (χ3v) is 6.02. The molecule has 0 aromatic heterocycles. The molecule has 4 atom stereocenters. The van der Waals surface area contributed by atoms with Crippen LogP contribution in [0.4, 0.5) is 5.69 Å². The third kappa shape index (κ3) is 5.00. The number of hydrogen-bond acceptors (Lipinski definition) is 8. The molecule has 10 nitrogen and oxygen atoms in total. The van der Waals surface area contributed by atoms with E-state index in [-0.39, 0.29) is 18.7 Å². The molecule has 184 valence electrons. The zero-order valence-corrected chi connectivity index (χ0v) is 19.6. The summed E-state index contributed by atoms with van der Waals surface area (Å²) in [6.07, 6.45) is -1.72. The van der Waals surface area contributed by atoms with E-state index in [0.717, 1.165) is 0 Å². The predicted molar refractivity (Wildman–Crippen MR) is 125 cm³/mol. The van der Waals surface area contributed by atoms with Gasteiger partial charge in [0.15, 0.2) is 0 Å². The number of carboxylic acid groups (broad SMARTS) is 1. The molecule has 2 aromatic rings. The summed E-state index contributed by atoms with van der Waals surface area (Å²) in [6.45, 7) is 1.22. The Balaban J connectivity index is 2.05. The molecule has 2 aromatic carbocycles. The van der Waals surface area contributed by atoms with Crippen LogP contribution in [0.1, 0.15) is 22.8 Å². The highest BCUT2D eigenvalue weighted by atomic mass is 16.7. The molecule has 34 heavy (non-hydrogen) atoms. The smallest absolute Gasteiger partial charge is 0.335 e. The minimum Gasteiger partial charge on any atom is -0.496 e. The summed E-state index contributed by atoms with van der Waals surface area (Å²) in [4.78, 5) is 31.5. The van der Waals surface area contributed by atoms with Crippen molar-refractivity contribution in [3.05, 3.63) is 47.5 Å². The number of anilines is 1. The monoisotopic (exact) mass is 473 g/mol. The molecule has 0 spiro atoms. The van der Waals surface area contributed by atoms with Crippen LogP contribution in [0, 0.1) is 5.92 Å². The van der Waals surface area contributed by atoms with Crippen molar-refractivity contribution >= 4 is 17.6 Å². The maximum atomic E-state index is 12.2. The van der Waals surface area contributed by atoms with Gasteiger partial charge in [-0.1, -0.05) is 18.2 Å².